The summed E-state index contributed by atoms with van der Waals surface area (Å²) in [5.74, 6) is -11.6. The molecular formula is C60H64CuFN17O23S5. The number of phenolic OH excluding ortho intramolecular Hbond substituents is 1. The number of aryl methyl sites for hydroxylation is 3. The predicted octanol–water partition coefficient (Wildman–Crippen LogP) is 7.79. The van der Waals surface area contributed by atoms with Gasteiger partial charge in [-0.2, -0.15) is 60.9 Å². The fraction of sp³-hybridized carbons (Fsp3) is 0.217. The van der Waals surface area contributed by atoms with Crippen LogP contribution in [0.3, 0.4) is 0 Å². The standard InChI is InChI=1S/C57H53FN17O23S5.3CH4.Cu/c1-28-11-12-34(24-76)40(19-28)67-71-50(33-9-7-6-8-10-33)72-68-42-23-37(101(88,89)90)22-41(47(42)77)61-56-62-55(58)63-57(64-56)73(25-75-52(81)44(49(60)79)32(5)46(54(75)83)70-66-39-16-14-36(21-30(39)3)100(86,87)27-98-103(94,95)96)17-18-74-51(80)43(48(59)78)31(4)45(53(74)82)69-65-38-15-13-35(20-29(38)2)99(84,85)26-97-102(91,92)93;;;;/h6-16,19-23H,17-18,25-27H2,1-5H3,(H12,59,60,61,62,63,64,65,66,67,68,69,70,71,72,76,77,78,79,80,81,82,83,88,89,90,91,92,93,94,95,96);3*1H4;/q-1;;;;+2/p-1. The van der Waals surface area contributed by atoms with E-state index in [9.17, 15) is 85.9 Å². The Bertz CT molecular complexity index is 5680. The number of nitrogens with zero attached hydrogens (tertiary/aromatic N) is 14. The summed E-state index contributed by atoms with van der Waals surface area (Å²) in [5.41, 5.74) is 7.74. The molecule has 0 unspecified atom stereocenters. The summed E-state index contributed by atoms with van der Waals surface area (Å²) in [5, 5.41) is 65.8. The molecule has 0 aliphatic carbocycles. The molecule has 0 spiro atoms. The van der Waals surface area contributed by atoms with Crippen molar-refractivity contribution in [2.45, 2.75) is 84.8 Å². The van der Waals surface area contributed by atoms with Crippen molar-refractivity contribution in [1.82, 2.24) is 24.1 Å². The molecule has 0 aliphatic rings. The van der Waals surface area contributed by atoms with Gasteiger partial charge >= 0.3 is 43.9 Å². The summed E-state index contributed by atoms with van der Waals surface area (Å²) in [4.78, 5) is 77.5. The fourth-order valence-corrected chi connectivity index (χ4v) is 13.2. The number of halogens is 1. The number of carbonyl (C=O) groups excluding carboxylic acids is 3. The zero-order valence-electron chi connectivity index (χ0n) is 53.5. The van der Waals surface area contributed by atoms with Gasteiger partial charge in [0, 0.05) is 29.8 Å². The zero-order chi connectivity index (χ0) is 76.0. The van der Waals surface area contributed by atoms with Gasteiger partial charge in [-0.3, -0.25) is 42.0 Å². The van der Waals surface area contributed by atoms with E-state index in [1.807, 2.05) is 0 Å². The number of aromatic hydroxyl groups is 3. The fourth-order valence-electron chi connectivity index (χ4n) is 9.17. The largest absolute Gasteiger partial charge is 2.00 e. The number of amides is 2. The van der Waals surface area contributed by atoms with Crippen LogP contribution in [0.5, 0.6) is 17.5 Å². The molecule has 3 heterocycles. The van der Waals surface area contributed by atoms with Crippen molar-refractivity contribution < 1.29 is 115 Å². The summed E-state index contributed by atoms with van der Waals surface area (Å²) in [7, 11) is -24.8. The van der Waals surface area contributed by atoms with Gasteiger partial charge in [-0.05, 0) is 93.9 Å². The van der Waals surface area contributed by atoms with Crippen LogP contribution in [0.2, 0.25) is 0 Å². The first-order valence-corrected chi connectivity index (χ1v) is 35.8. The molecule has 11 N–H and O–H groups in total. The number of amidine groups is 1. The molecule has 1 radical (unpaired) electrons. The molecule has 47 heteroatoms. The molecule has 0 atom stereocenters. The Morgan fingerprint density at radius 3 is 1.62 bits per heavy atom. The van der Waals surface area contributed by atoms with Crippen LogP contribution in [0.4, 0.5) is 56.1 Å². The van der Waals surface area contributed by atoms with E-state index in [2.05, 4.69) is 69.8 Å². The Balaban J connectivity index is 0.00000605. The number of pyridine rings is 2. The molecule has 0 fully saturated rings. The normalized spacial score (nSPS) is 12.1. The molecule has 0 aliphatic heterocycles. The number of hydrogen-bond donors (Lipinski definition) is 9. The van der Waals surface area contributed by atoms with E-state index < -0.39 is 200 Å². The molecule has 0 bridgehead atoms. The third-order valence-electron chi connectivity index (χ3n) is 14.3. The van der Waals surface area contributed by atoms with Crippen molar-refractivity contribution in [2.75, 3.05) is 28.6 Å². The number of carbonyl (C=O) groups is 2. The molecular weight excluding hydrogens is 1570 g/mol. The number of nitrogens with two attached hydrogens (primary N) is 2. The van der Waals surface area contributed by atoms with Gasteiger partial charge in [-0.15, -0.1) is 27.0 Å². The van der Waals surface area contributed by atoms with E-state index in [0.29, 0.717) is 26.8 Å². The second-order valence-electron chi connectivity index (χ2n) is 21.4. The second kappa shape index (κ2) is 35.3. The van der Waals surface area contributed by atoms with Crippen molar-refractivity contribution in [3.8, 4) is 17.5 Å². The van der Waals surface area contributed by atoms with E-state index in [1.54, 1.807) is 37.5 Å². The number of aromatic nitrogens is 5. The van der Waals surface area contributed by atoms with Gasteiger partial charge < -0.3 is 52.3 Å². The summed E-state index contributed by atoms with van der Waals surface area (Å²) >= 11 is 0. The SMILES string of the molecule is C.C.C.Cc1ccc([C-]=O)c(N=NC(=N[N-]c2cc(S(=O)(=O)O)cc(Nc3nc(F)nc(N(CCn4c(O)c(C(N)=O)c(C)c(N=Nc5ccc(S(=O)(=O)COS(=O)(=O)O)cc5C)c4=O)Cn4c(O)c(C(N)=O)c(C)c(N=Nc5ccc(S(=O)(=O)COS(=O)(=O)O)cc5C)c4=O)n3)c2O)c2ccccc2)c1.[Cu+2]. The number of rotatable bonds is 28. The maximum Gasteiger partial charge on any atom is 2.00 e. The van der Waals surface area contributed by atoms with E-state index in [4.69, 9.17) is 20.6 Å². The van der Waals surface area contributed by atoms with E-state index >= 15 is 4.39 Å². The number of phenols is 1. The third kappa shape index (κ3) is 21.6. The molecule has 107 heavy (non-hydrogen) atoms. The maximum absolute atomic E-state index is 16.3. The van der Waals surface area contributed by atoms with Gasteiger partial charge in [0.2, 0.25) is 43.3 Å². The Kier molecular flexibility index (Phi) is 29.1. The van der Waals surface area contributed by atoms with Crippen LogP contribution < -0.4 is 32.8 Å². The minimum atomic E-state index is -5.28. The number of sulfone groups is 2. The Labute approximate surface area is 619 Å². The third-order valence-corrected chi connectivity index (χ3v) is 19.0. The number of nitrogens with one attached hydrogen (secondary N) is 1. The molecule has 575 valence electrons. The average molecular weight is 1630 g/mol. The summed E-state index contributed by atoms with van der Waals surface area (Å²) in [6.07, 6.45) is -0.0285. The average Bonchev–Trinajstić information content (AvgIpc) is 0.772. The number of benzene rings is 5. The van der Waals surface area contributed by atoms with Crippen molar-refractivity contribution in [2.24, 2.45) is 47.3 Å². The van der Waals surface area contributed by atoms with Gasteiger partial charge in [0.15, 0.2) is 29.1 Å². The van der Waals surface area contributed by atoms with E-state index in [1.165, 1.54) is 38.1 Å². The molecule has 8 aromatic rings. The van der Waals surface area contributed by atoms with Crippen LogP contribution in [0, 0.1) is 40.7 Å². The van der Waals surface area contributed by atoms with Crippen LogP contribution >= 0.6 is 0 Å². The zero-order valence-corrected chi connectivity index (χ0v) is 58.6. The van der Waals surface area contributed by atoms with Crippen molar-refractivity contribution in [3.05, 3.63) is 179 Å². The molecule has 5 aromatic carbocycles. The summed E-state index contributed by atoms with van der Waals surface area (Å²) < 4.78 is 175. The first kappa shape index (κ1) is 88.3. The first-order valence-electron chi connectivity index (χ1n) is 28.4. The number of anilines is 3. The number of azo groups is 3. The molecule has 2 amide bonds. The quantitative estimate of drug-likeness (QED) is 0.00330. The monoisotopic (exact) mass is 1630 g/mol. The Hall–Kier alpha value is -11.1. The van der Waals surface area contributed by atoms with Crippen LogP contribution in [0.15, 0.2) is 157 Å². The van der Waals surface area contributed by atoms with Gasteiger partial charge in [-0.1, -0.05) is 76.0 Å². The molecule has 0 saturated carbocycles. The second-order valence-corrected chi connectivity index (χ2v) is 28.9. The van der Waals surface area contributed by atoms with E-state index in [0.717, 1.165) is 55.1 Å². The van der Waals surface area contributed by atoms with Crippen molar-refractivity contribution in [3.63, 3.8) is 0 Å². The minimum Gasteiger partial charge on any atom is -0.571 e. The van der Waals surface area contributed by atoms with Crippen LogP contribution in [-0.2, 0) is 94.0 Å². The molecule has 0 saturated heterocycles. The molecule has 8 rings (SSSR count). The van der Waals surface area contributed by atoms with Gasteiger partial charge in [0.05, 0.1) is 38.0 Å². The van der Waals surface area contributed by atoms with Gasteiger partial charge in [0.25, 0.3) is 33.1 Å². The minimum absolute atomic E-state index is 0. The van der Waals surface area contributed by atoms with Crippen molar-refractivity contribution in [1.29, 1.82) is 0 Å². The smallest absolute Gasteiger partial charge is 0.571 e. The Morgan fingerprint density at radius 2 is 1.14 bits per heavy atom. The van der Waals surface area contributed by atoms with Crippen LogP contribution in [0.1, 0.15) is 81.9 Å². The van der Waals surface area contributed by atoms with Gasteiger partial charge in [0.1, 0.15) is 23.5 Å². The maximum atomic E-state index is 16.3. The number of hydrogen-bond acceptors (Lipinski definition) is 31. The summed E-state index contributed by atoms with van der Waals surface area (Å²) in [6, 6.07) is 19.4. The topological polar surface area (TPSA) is 612 Å². The first-order chi connectivity index (χ1) is 48.1. The van der Waals surface area contributed by atoms with Crippen LogP contribution in [-0.4, -0.2) is 138 Å². The molecule has 40 nitrogen and oxygen atoms in total. The predicted molar refractivity (Wildman–Crippen MR) is 376 cm³/mol. The Morgan fingerprint density at radius 1 is 0.636 bits per heavy atom. The van der Waals surface area contributed by atoms with Crippen molar-refractivity contribution >= 4 is 126 Å². The van der Waals surface area contributed by atoms with E-state index in [-0.39, 0.29) is 84.5 Å². The van der Waals surface area contributed by atoms with Crippen LogP contribution in [0.25, 0.3) is 5.43 Å². The molecule has 3 aromatic heterocycles. The van der Waals surface area contributed by atoms with Gasteiger partial charge in [-0.25, -0.2) is 30.3 Å². The summed E-state index contributed by atoms with van der Waals surface area (Å²) in [6.45, 7) is 3.34. The number of primary amides is 2.